The number of hydrogen-bond donors (Lipinski definition) is 3. The molecule has 1 unspecified atom stereocenters. The molecule has 0 aromatic carbocycles. The molecule has 12 nitrogen and oxygen atoms in total. The first-order valence-electron chi connectivity index (χ1n) is 19.4. The van der Waals surface area contributed by atoms with Crippen molar-refractivity contribution in [3.8, 4) is 0 Å². The van der Waals surface area contributed by atoms with Gasteiger partial charge in [0.25, 0.3) is 0 Å². The summed E-state index contributed by atoms with van der Waals surface area (Å²) in [6.07, 6.45) is 6.00. The average Bonchev–Trinajstić information content (AvgIpc) is 3.41. The quantitative estimate of drug-likeness (QED) is 0.260. The van der Waals surface area contributed by atoms with Crippen molar-refractivity contribution in [2.24, 2.45) is 35.5 Å². The summed E-state index contributed by atoms with van der Waals surface area (Å²) >= 11 is 0. The number of amides is 1. The third kappa shape index (κ3) is 9.29. The molecule has 0 aromatic rings. The molecule has 5 heterocycles. The Kier molecular flexibility index (Phi) is 15.3. The maximum atomic E-state index is 14.4. The molecular weight excluding hydrogens is 744 g/mol. The molecule has 1 amide bonds. The number of nitrogens with one attached hydrogen (secondary N) is 1. The Balaban J connectivity index is 0.00000605. The van der Waals surface area contributed by atoms with Crippen LogP contribution in [0, 0.1) is 35.5 Å². The number of carboxylic acids is 1. The smallest absolute Gasteiger partial charge is 0.530 e. The van der Waals surface area contributed by atoms with E-state index < -0.39 is 71.3 Å². The summed E-state index contributed by atoms with van der Waals surface area (Å²) < 4.78 is 33.3. The Hall–Kier alpha value is -0.285. The van der Waals surface area contributed by atoms with Crippen molar-refractivity contribution < 1.29 is 112 Å². The van der Waals surface area contributed by atoms with Crippen LogP contribution in [0.5, 0.6) is 0 Å². The van der Waals surface area contributed by atoms with Crippen LogP contribution >= 0.6 is 0 Å². The van der Waals surface area contributed by atoms with E-state index in [9.17, 15) is 29.7 Å². The second kappa shape index (κ2) is 17.9. The van der Waals surface area contributed by atoms with Crippen LogP contribution < -0.4 is 68.6 Å². The number of hydrogen-bond acceptors (Lipinski definition) is 10. The van der Waals surface area contributed by atoms with Crippen molar-refractivity contribution in [1.82, 2.24) is 5.32 Å². The summed E-state index contributed by atoms with van der Waals surface area (Å²) in [5.41, 5.74) is -0.713. The molecule has 0 aromatic heterocycles. The van der Waals surface area contributed by atoms with Crippen LogP contribution in [0.2, 0.25) is 0 Å². The SMILES string of the molecule is CCC(C(=O)[C@@H](C)[C@@H](O)[C@H](C)[C@@H]1O[C@@H](CC(=O)O)CC[C@@H]1C)[C@H]1O[C@]2(C=C[C@@H](NC(=O)[O-])[C@]3(CC[C@@](C)([C@H]4CCC[C@H](C)O4)O3)O2)[C@H](C)C[C@@H]1C.[Rb+]. The predicted molar refractivity (Wildman–Crippen MR) is 185 cm³/mol. The van der Waals surface area contributed by atoms with Crippen molar-refractivity contribution in [2.45, 2.75) is 179 Å². The summed E-state index contributed by atoms with van der Waals surface area (Å²) in [4.78, 5) is 37.6. The van der Waals surface area contributed by atoms with Crippen LogP contribution in [0.4, 0.5) is 4.79 Å². The van der Waals surface area contributed by atoms with Gasteiger partial charge in [-0.25, -0.2) is 0 Å². The van der Waals surface area contributed by atoms with Crippen molar-refractivity contribution in [2.75, 3.05) is 0 Å². The van der Waals surface area contributed by atoms with Gasteiger partial charge in [-0.1, -0.05) is 47.6 Å². The Morgan fingerprint density at radius 3 is 2.33 bits per heavy atom. The minimum absolute atomic E-state index is 0. The van der Waals surface area contributed by atoms with Gasteiger partial charge in [0.05, 0.1) is 48.6 Å². The number of Topliss-reactive ketones (excluding diaryl/α,β-unsaturated/α-hetero) is 1. The van der Waals surface area contributed by atoms with Gasteiger partial charge in [-0.3, -0.25) is 9.59 Å². The average molecular weight is 806 g/mol. The number of aliphatic hydroxyl groups excluding tert-OH is 1. The van der Waals surface area contributed by atoms with Gasteiger partial charge in [0, 0.05) is 30.1 Å². The second-order valence-electron chi connectivity index (χ2n) is 16.8. The van der Waals surface area contributed by atoms with Crippen molar-refractivity contribution >= 4 is 17.8 Å². The van der Waals surface area contributed by atoms with E-state index in [4.69, 9.17) is 23.7 Å². The summed E-state index contributed by atoms with van der Waals surface area (Å²) in [7, 11) is 0. The molecule has 13 heteroatoms. The number of ether oxygens (including phenoxy) is 5. The maximum Gasteiger partial charge on any atom is 1.00 e. The van der Waals surface area contributed by atoms with E-state index in [2.05, 4.69) is 19.2 Å². The van der Waals surface area contributed by atoms with Crippen LogP contribution in [0.15, 0.2) is 12.2 Å². The van der Waals surface area contributed by atoms with Crippen LogP contribution in [0.1, 0.15) is 120 Å². The third-order valence-electron chi connectivity index (χ3n) is 12.9. The molecule has 0 radical (unpaired) electrons. The molecular formula is C39H62NO11Rb. The molecule has 16 atom stereocenters. The zero-order chi connectivity index (χ0) is 37.5. The standard InChI is InChI=1S/C39H63NO11.Rb/c1-9-28(33(44)25(6)32(43)26(7)34-21(2)13-14-27(48-34)20-31(41)42)35-22(3)19-23(4)38(49-35)16-15-29(40-36(45)46)39(51-38)18-17-37(8,50-39)30-12-10-11-24(5)47-30;/h15-16,21-30,32,34-35,40,43H,9-14,17-20H2,1-8H3,(H,41,42)(H,45,46);/q;+1/p-1/t21-,22-,23+,24-,25-,26-,27+,28?,29+,30+,32+,34+,35-,37-,38-,39-;/m0./s1. The fraction of sp³-hybridized carbons (Fsp3) is 0.872. The van der Waals surface area contributed by atoms with Crippen LogP contribution in [-0.2, 0) is 33.3 Å². The molecule has 290 valence electrons. The van der Waals surface area contributed by atoms with Gasteiger partial charge < -0.3 is 49.1 Å². The van der Waals surface area contributed by atoms with Gasteiger partial charge in [-0.15, -0.1) is 0 Å². The topological polar surface area (TPSA) is 173 Å². The second-order valence-corrected chi connectivity index (χ2v) is 16.8. The van der Waals surface area contributed by atoms with Gasteiger partial charge in [0.15, 0.2) is 11.6 Å². The van der Waals surface area contributed by atoms with Crippen LogP contribution in [0.25, 0.3) is 0 Å². The Morgan fingerprint density at radius 1 is 0.981 bits per heavy atom. The van der Waals surface area contributed by atoms with E-state index in [1.54, 1.807) is 19.1 Å². The van der Waals surface area contributed by atoms with E-state index in [0.717, 1.165) is 25.7 Å². The molecule has 4 fully saturated rings. The zero-order valence-electron chi connectivity index (χ0n) is 32.8. The van der Waals surface area contributed by atoms with Gasteiger partial charge in [-0.05, 0) is 83.1 Å². The molecule has 0 saturated carbocycles. The molecule has 5 aliphatic rings. The number of aliphatic hydroxyl groups is 1. The fourth-order valence-corrected chi connectivity index (χ4v) is 9.81. The monoisotopic (exact) mass is 805 g/mol. The number of carboxylic acid groups (broad SMARTS) is 2. The number of aliphatic carboxylic acids is 1. The summed E-state index contributed by atoms with van der Waals surface area (Å²) in [6, 6.07) is -0.843. The molecule has 5 aliphatic heterocycles. The molecule has 0 aliphatic carbocycles. The zero-order valence-corrected chi connectivity index (χ0v) is 37.7. The minimum Gasteiger partial charge on any atom is -0.530 e. The first kappa shape index (κ1) is 44.4. The van der Waals surface area contributed by atoms with E-state index in [0.29, 0.717) is 32.1 Å². The summed E-state index contributed by atoms with van der Waals surface area (Å²) in [5.74, 6) is -5.43. The first-order chi connectivity index (χ1) is 23.9. The first-order valence-corrected chi connectivity index (χ1v) is 19.4. The summed E-state index contributed by atoms with van der Waals surface area (Å²) in [5, 5.41) is 35.3. The molecule has 2 spiro atoms. The van der Waals surface area contributed by atoms with E-state index >= 15 is 0 Å². The number of carbonyl (C=O) groups is 3. The van der Waals surface area contributed by atoms with E-state index in [-0.39, 0.29) is 106 Å². The Bertz CT molecular complexity index is 1300. The van der Waals surface area contributed by atoms with Gasteiger partial charge in [0.1, 0.15) is 17.9 Å². The number of rotatable bonds is 11. The van der Waals surface area contributed by atoms with Gasteiger partial charge in [-0.2, -0.15) is 0 Å². The molecule has 3 N–H and O–H groups in total. The van der Waals surface area contributed by atoms with E-state index in [1.807, 2.05) is 34.6 Å². The van der Waals surface area contributed by atoms with Crippen molar-refractivity contribution in [3.63, 3.8) is 0 Å². The molecule has 5 rings (SSSR count). The van der Waals surface area contributed by atoms with Crippen molar-refractivity contribution in [1.29, 1.82) is 0 Å². The van der Waals surface area contributed by atoms with Crippen molar-refractivity contribution in [3.05, 3.63) is 12.2 Å². The normalized spacial score (nSPS) is 42.9. The Labute approximate surface area is 358 Å². The minimum atomic E-state index is -1.43. The predicted octanol–water partition coefficient (Wildman–Crippen LogP) is 1.75. The van der Waals surface area contributed by atoms with E-state index in [1.165, 1.54) is 0 Å². The molecule has 52 heavy (non-hydrogen) atoms. The third-order valence-corrected chi connectivity index (χ3v) is 12.9. The maximum absolute atomic E-state index is 14.4. The number of ketones is 1. The van der Waals surface area contributed by atoms with Gasteiger partial charge in [0.2, 0.25) is 0 Å². The van der Waals surface area contributed by atoms with Crippen LogP contribution in [-0.4, -0.2) is 87.9 Å². The fourth-order valence-electron chi connectivity index (χ4n) is 9.81. The van der Waals surface area contributed by atoms with Crippen LogP contribution in [0.3, 0.4) is 0 Å². The Morgan fingerprint density at radius 2 is 1.69 bits per heavy atom. The molecule has 4 saturated heterocycles. The van der Waals surface area contributed by atoms with Gasteiger partial charge >= 0.3 is 64.2 Å². The molecule has 0 bridgehead atoms. The largest absolute Gasteiger partial charge is 1.00 e. The summed E-state index contributed by atoms with van der Waals surface area (Å²) in [6.45, 7) is 15.8. The number of carbonyl (C=O) groups excluding carboxylic acids is 2.